The molecule has 3 fully saturated rings. The van der Waals surface area contributed by atoms with Crippen LogP contribution in [0, 0.1) is 5.82 Å². The van der Waals surface area contributed by atoms with E-state index in [0.717, 1.165) is 43.5 Å². The van der Waals surface area contributed by atoms with Gasteiger partial charge in [-0.25, -0.2) is 13.6 Å². The number of nitrogens with one attached hydrogen (secondary N) is 3. The number of amides is 4. The number of nitrogen functional groups attached to an aromatic ring is 1. The lowest BCUT2D eigenvalue weighted by Gasteiger charge is -2.37. The summed E-state index contributed by atoms with van der Waals surface area (Å²) in [6.07, 6.45) is 8.36. The van der Waals surface area contributed by atoms with E-state index in [1.165, 1.54) is 30.1 Å². The van der Waals surface area contributed by atoms with E-state index in [0.29, 0.717) is 52.8 Å². The van der Waals surface area contributed by atoms with Crippen molar-refractivity contribution in [1.29, 1.82) is 0 Å². The molecule has 0 bridgehead atoms. The highest BCUT2D eigenvalue weighted by Gasteiger charge is 2.34. The van der Waals surface area contributed by atoms with Crippen LogP contribution in [-0.2, 0) is 32.4 Å². The number of pyridine rings is 1. The molecule has 0 radical (unpaired) electrons. The number of anilines is 3. The summed E-state index contributed by atoms with van der Waals surface area (Å²) in [5.74, 6) is -4.41. The number of aldehydes is 1. The first-order chi connectivity index (χ1) is 34.5. The van der Waals surface area contributed by atoms with Crippen LogP contribution in [0.2, 0.25) is 0 Å². The molecule has 378 valence electrons. The first-order valence-corrected chi connectivity index (χ1v) is 24.3. The molecule has 23 heteroatoms. The van der Waals surface area contributed by atoms with Gasteiger partial charge in [0, 0.05) is 81.5 Å². The molecule has 5 N–H and O–H groups in total. The lowest BCUT2D eigenvalue weighted by atomic mass is 10.0. The fourth-order valence-corrected chi connectivity index (χ4v) is 9.55. The molecule has 3 saturated heterocycles. The molecule has 3 aromatic heterocycles. The Kier molecular flexibility index (Phi) is 15.3. The van der Waals surface area contributed by atoms with Crippen molar-refractivity contribution in [2.24, 2.45) is 7.05 Å². The van der Waals surface area contributed by atoms with Gasteiger partial charge < -0.3 is 30.5 Å². The lowest BCUT2D eigenvalue weighted by Crippen LogP contribution is -2.53. The van der Waals surface area contributed by atoms with Crippen LogP contribution in [0.3, 0.4) is 0 Å². The highest BCUT2D eigenvalue weighted by atomic mass is 32.2. The Morgan fingerprint density at radius 2 is 1.74 bits per heavy atom. The SMILES string of the molecule is CC(Oc1cc(-c2nn(C)c3c(-c4cnn(C5CCN(C=O)CC5)c4)cnc(N)c23)ccc1NS(=O)C(F)F)c1ccc(F)cc1.CN1CC(Nc2cccc(C(=O)N(C)C3CCC(=O)NC3=O)c2C=O)C1. The quantitative estimate of drug-likeness (QED) is 0.0731. The molecule has 0 aliphatic carbocycles. The molecular weight excluding hydrogens is 958 g/mol. The molecule has 72 heavy (non-hydrogen) atoms. The van der Waals surface area contributed by atoms with E-state index in [1.54, 1.807) is 78.4 Å². The number of halogens is 3. The third-order valence-electron chi connectivity index (χ3n) is 13.0. The number of likely N-dealkylation sites (N-methyl/N-ethyl adjacent to an activating group) is 2. The summed E-state index contributed by atoms with van der Waals surface area (Å²) in [5, 5.41) is 15.5. The van der Waals surface area contributed by atoms with Gasteiger partial charge in [-0.05, 0) is 75.2 Å². The zero-order valence-corrected chi connectivity index (χ0v) is 40.6. The van der Waals surface area contributed by atoms with E-state index < -0.39 is 46.5 Å². The van der Waals surface area contributed by atoms with Crippen molar-refractivity contribution >= 4 is 69.5 Å². The number of likely N-dealkylation sites (tertiary alicyclic amines) is 2. The molecule has 6 heterocycles. The van der Waals surface area contributed by atoms with Crippen LogP contribution in [0.4, 0.5) is 30.4 Å². The Bertz CT molecular complexity index is 3030. The van der Waals surface area contributed by atoms with Gasteiger partial charge in [-0.3, -0.25) is 43.4 Å². The standard InChI is InChI=1S/C31H31F3N8O3S.C18H22N4O4/c1-18(19-3-6-22(32)7-4-19)45-26-13-20(5-8-25(26)39-46(44)31(33)34)28-27-29(40(2)38-28)24(15-36-30(27)35)21-14-37-42(16-21)23-9-11-41(17-43)12-10-23;1-21-8-11(9-21)19-14-5-3-4-12(13(14)10-23)18(26)22(2)15-6-7-16(24)20-17(15)25/h3-8,13-18,23,31,39H,9-12H2,1-2H3,(H2,35,36);3-5,10-11,15,19H,6-9H2,1-2H3,(H,20,24,25). The number of nitrogens with two attached hydrogens (primary N) is 1. The van der Waals surface area contributed by atoms with E-state index in [-0.39, 0.29) is 59.2 Å². The Morgan fingerprint density at radius 1 is 1.00 bits per heavy atom. The molecule has 3 unspecified atom stereocenters. The summed E-state index contributed by atoms with van der Waals surface area (Å²) in [5.41, 5.74) is 11.6. The second kappa shape index (κ2) is 21.8. The normalized spacial score (nSPS) is 17.3. The number of alkyl halides is 2. The Labute approximate surface area is 414 Å². The molecule has 9 rings (SSSR count). The number of imide groups is 1. The number of aromatic nitrogens is 5. The average molecular weight is 1010 g/mol. The smallest absolute Gasteiger partial charge is 0.330 e. The molecule has 0 saturated carbocycles. The summed E-state index contributed by atoms with van der Waals surface area (Å²) in [4.78, 5) is 68.6. The maximum Gasteiger partial charge on any atom is 0.330 e. The van der Waals surface area contributed by atoms with Gasteiger partial charge in [-0.2, -0.15) is 19.0 Å². The zero-order chi connectivity index (χ0) is 51.4. The Hall–Kier alpha value is -7.66. The molecule has 3 aliphatic heterocycles. The van der Waals surface area contributed by atoms with Crippen LogP contribution in [0.15, 0.2) is 79.3 Å². The van der Waals surface area contributed by atoms with Crippen LogP contribution in [0.1, 0.15) is 71.0 Å². The van der Waals surface area contributed by atoms with Crippen LogP contribution in [-0.4, -0.2) is 132 Å². The van der Waals surface area contributed by atoms with Crippen molar-refractivity contribution in [3.63, 3.8) is 0 Å². The molecule has 3 aromatic carbocycles. The van der Waals surface area contributed by atoms with E-state index in [4.69, 9.17) is 15.6 Å². The minimum Gasteiger partial charge on any atom is -0.484 e. The minimum atomic E-state index is -3.13. The molecule has 6 aromatic rings. The molecular formula is C49H53F3N12O7S. The number of ether oxygens (including phenoxy) is 1. The number of carbonyl (C=O) groups excluding carboxylic acids is 5. The Morgan fingerprint density at radius 3 is 2.40 bits per heavy atom. The van der Waals surface area contributed by atoms with Crippen LogP contribution >= 0.6 is 0 Å². The number of rotatable bonds is 15. The third kappa shape index (κ3) is 11.0. The predicted octanol–water partition coefficient (Wildman–Crippen LogP) is 5.55. The van der Waals surface area contributed by atoms with Gasteiger partial charge in [0.05, 0.1) is 46.0 Å². The second-order valence-corrected chi connectivity index (χ2v) is 19.0. The number of hydrogen-bond acceptors (Lipinski definition) is 13. The molecule has 4 amide bonds. The number of fused-ring (bicyclic) bond motifs is 1. The maximum absolute atomic E-state index is 13.5. The van der Waals surface area contributed by atoms with Gasteiger partial charge in [0.15, 0.2) is 17.3 Å². The van der Waals surface area contributed by atoms with Gasteiger partial charge in [0.25, 0.3) is 5.91 Å². The summed E-state index contributed by atoms with van der Waals surface area (Å²) >= 11 is 0. The van der Waals surface area contributed by atoms with Crippen molar-refractivity contribution in [3.8, 4) is 28.1 Å². The number of aryl methyl sites for hydroxylation is 1. The highest BCUT2D eigenvalue weighted by Crippen LogP contribution is 2.40. The van der Waals surface area contributed by atoms with E-state index in [1.807, 2.05) is 17.9 Å². The van der Waals surface area contributed by atoms with Gasteiger partial charge in [0.1, 0.15) is 35.2 Å². The van der Waals surface area contributed by atoms with Crippen LogP contribution in [0.25, 0.3) is 33.3 Å². The molecule has 3 aliphatic rings. The zero-order valence-electron chi connectivity index (χ0n) is 39.8. The van der Waals surface area contributed by atoms with Crippen molar-refractivity contribution in [1.82, 2.24) is 44.6 Å². The second-order valence-electron chi connectivity index (χ2n) is 17.8. The third-order valence-corrected chi connectivity index (χ3v) is 13.7. The van der Waals surface area contributed by atoms with Crippen molar-refractivity contribution in [3.05, 3.63) is 102 Å². The van der Waals surface area contributed by atoms with Gasteiger partial charge in [0.2, 0.25) is 18.2 Å². The monoisotopic (exact) mass is 1010 g/mol. The summed E-state index contributed by atoms with van der Waals surface area (Å²) in [6.45, 7) is 4.80. The lowest BCUT2D eigenvalue weighted by molar-refractivity contribution is -0.136. The fraction of sp³-hybridized carbons (Fsp3) is 0.347. The highest BCUT2D eigenvalue weighted by molar-refractivity contribution is 7.86. The number of benzene rings is 3. The first kappa shape index (κ1) is 50.7. The molecule has 0 spiro atoms. The van der Waals surface area contributed by atoms with Gasteiger partial charge in [-0.1, -0.05) is 24.3 Å². The van der Waals surface area contributed by atoms with E-state index >= 15 is 0 Å². The summed E-state index contributed by atoms with van der Waals surface area (Å²) in [6, 6.07) is 15.2. The summed E-state index contributed by atoms with van der Waals surface area (Å²) in [7, 11) is 2.62. The van der Waals surface area contributed by atoms with Crippen molar-refractivity contribution in [2.75, 3.05) is 56.0 Å². The summed E-state index contributed by atoms with van der Waals surface area (Å²) < 4.78 is 64.0. The van der Waals surface area contributed by atoms with Gasteiger partial charge in [-0.15, -0.1) is 0 Å². The average Bonchev–Trinajstić information content (AvgIpc) is 4.00. The number of nitrogens with zero attached hydrogens (tertiary/aromatic N) is 8. The maximum atomic E-state index is 13.5. The van der Waals surface area contributed by atoms with E-state index in [2.05, 4.69) is 30.3 Å². The minimum absolute atomic E-state index is 0.0785. The van der Waals surface area contributed by atoms with Crippen molar-refractivity contribution in [2.45, 2.75) is 62.6 Å². The van der Waals surface area contributed by atoms with E-state index in [9.17, 15) is 41.4 Å². The number of hydrogen-bond donors (Lipinski definition) is 4. The number of piperidine rings is 2. The Balaban J connectivity index is 0.000000226. The number of carbonyl (C=O) groups is 5. The van der Waals surface area contributed by atoms with Gasteiger partial charge >= 0.3 is 5.76 Å². The topological polar surface area (TPSA) is 232 Å². The fourth-order valence-electron chi connectivity index (χ4n) is 9.08. The first-order valence-electron chi connectivity index (χ1n) is 23.0. The van der Waals surface area contributed by atoms with Crippen LogP contribution in [0.5, 0.6) is 5.75 Å². The molecule has 3 atom stereocenters. The largest absolute Gasteiger partial charge is 0.484 e. The van der Waals surface area contributed by atoms with Crippen molar-refractivity contribution < 1.29 is 46.1 Å². The molecule has 19 nitrogen and oxygen atoms in total. The van der Waals surface area contributed by atoms with Crippen LogP contribution < -0.4 is 25.8 Å². The predicted molar refractivity (Wildman–Crippen MR) is 264 cm³/mol.